The highest BCUT2D eigenvalue weighted by Crippen LogP contribution is 2.20. The number of halogens is 1. The highest BCUT2D eigenvalue weighted by Gasteiger charge is 2.28. The molecule has 1 atom stereocenters. The first-order valence-electron chi connectivity index (χ1n) is 6.38. The fourth-order valence-corrected chi connectivity index (χ4v) is 2.23. The molecule has 0 spiro atoms. The molecule has 6 heteroatoms. The Balaban J connectivity index is 1.67. The molecule has 98 valence electrons. The second-order valence-corrected chi connectivity index (χ2v) is 5.24. The molecule has 3 rings (SSSR count). The monoisotopic (exact) mass is 268 g/mol. The Labute approximate surface area is 112 Å². The number of nitrogens with one attached hydrogen (secondary N) is 1. The standard InChI is InChI=1S/C12H17ClN4O/c13-9-5-15-12(16-6-9)17-3-4-18-8-11(17)7-14-10-1-2-10/h5-6,10-11,14H,1-4,7-8H2. The molecule has 1 aromatic rings. The van der Waals surface area contributed by atoms with Gasteiger partial charge in [-0.1, -0.05) is 11.6 Å². The van der Waals surface area contributed by atoms with Crippen LogP contribution in [0.3, 0.4) is 0 Å². The van der Waals surface area contributed by atoms with Crippen LogP contribution in [0.1, 0.15) is 12.8 Å². The molecule has 1 unspecified atom stereocenters. The molecular weight excluding hydrogens is 252 g/mol. The first-order chi connectivity index (χ1) is 8.83. The molecule has 2 aliphatic rings. The van der Waals surface area contributed by atoms with E-state index in [9.17, 15) is 0 Å². The molecule has 2 heterocycles. The van der Waals surface area contributed by atoms with Crippen molar-refractivity contribution in [3.8, 4) is 0 Å². The number of rotatable bonds is 4. The van der Waals surface area contributed by atoms with Gasteiger partial charge in [-0.05, 0) is 12.8 Å². The van der Waals surface area contributed by atoms with Crippen LogP contribution in [0.25, 0.3) is 0 Å². The molecule has 2 fully saturated rings. The quantitative estimate of drug-likeness (QED) is 0.886. The van der Waals surface area contributed by atoms with Gasteiger partial charge in [0.1, 0.15) is 0 Å². The lowest BCUT2D eigenvalue weighted by molar-refractivity contribution is 0.0928. The minimum atomic E-state index is 0.306. The second-order valence-electron chi connectivity index (χ2n) is 4.81. The number of anilines is 1. The van der Waals surface area contributed by atoms with E-state index >= 15 is 0 Å². The number of ether oxygens (including phenoxy) is 1. The third kappa shape index (κ3) is 2.91. The molecule has 0 radical (unpaired) electrons. The summed E-state index contributed by atoms with van der Waals surface area (Å²) < 4.78 is 5.55. The van der Waals surface area contributed by atoms with Crippen molar-refractivity contribution in [2.45, 2.75) is 24.9 Å². The highest BCUT2D eigenvalue weighted by molar-refractivity contribution is 6.30. The van der Waals surface area contributed by atoms with Crippen LogP contribution in [0.2, 0.25) is 5.02 Å². The van der Waals surface area contributed by atoms with Crippen molar-refractivity contribution in [3.63, 3.8) is 0 Å². The van der Waals surface area contributed by atoms with Crippen LogP contribution in [0.5, 0.6) is 0 Å². The van der Waals surface area contributed by atoms with Gasteiger partial charge in [0.15, 0.2) is 0 Å². The maximum atomic E-state index is 5.82. The first-order valence-corrected chi connectivity index (χ1v) is 6.76. The van der Waals surface area contributed by atoms with Gasteiger partial charge in [-0.3, -0.25) is 0 Å². The third-order valence-electron chi connectivity index (χ3n) is 3.31. The molecule has 1 aromatic heterocycles. The largest absolute Gasteiger partial charge is 0.377 e. The van der Waals surface area contributed by atoms with Crippen LogP contribution in [-0.4, -0.2) is 48.4 Å². The lowest BCUT2D eigenvalue weighted by Crippen LogP contribution is -2.51. The summed E-state index contributed by atoms with van der Waals surface area (Å²) in [5.74, 6) is 0.741. The van der Waals surface area contributed by atoms with Crippen LogP contribution >= 0.6 is 11.6 Å². The summed E-state index contributed by atoms with van der Waals surface area (Å²) in [6.07, 6.45) is 5.88. The number of morpholine rings is 1. The van der Waals surface area contributed by atoms with Gasteiger partial charge >= 0.3 is 0 Å². The number of hydrogen-bond donors (Lipinski definition) is 1. The summed E-state index contributed by atoms with van der Waals surface area (Å²) in [4.78, 5) is 10.8. The Morgan fingerprint density at radius 2 is 2.17 bits per heavy atom. The van der Waals surface area contributed by atoms with Crippen LogP contribution in [0.4, 0.5) is 5.95 Å². The van der Waals surface area contributed by atoms with Crippen molar-refractivity contribution in [1.29, 1.82) is 0 Å². The van der Waals surface area contributed by atoms with E-state index in [4.69, 9.17) is 16.3 Å². The minimum absolute atomic E-state index is 0.306. The van der Waals surface area contributed by atoms with Gasteiger partial charge in [0.25, 0.3) is 0 Å². The average molecular weight is 269 g/mol. The Morgan fingerprint density at radius 3 is 2.89 bits per heavy atom. The van der Waals surface area contributed by atoms with Gasteiger partial charge in [0.2, 0.25) is 5.95 Å². The van der Waals surface area contributed by atoms with E-state index < -0.39 is 0 Å². The van der Waals surface area contributed by atoms with Crippen LogP contribution in [0.15, 0.2) is 12.4 Å². The highest BCUT2D eigenvalue weighted by atomic mass is 35.5. The molecule has 1 saturated heterocycles. The van der Waals surface area contributed by atoms with E-state index in [2.05, 4.69) is 20.2 Å². The zero-order valence-corrected chi connectivity index (χ0v) is 10.9. The molecule has 1 N–H and O–H groups in total. The Kier molecular flexibility index (Phi) is 3.63. The van der Waals surface area contributed by atoms with Gasteiger partial charge in [-0.15, -0.1) is 0 Å². The summed E-state index contributed by atoms with van der Waals surface area (Å²) in [5, 5.41) is 4.10. The topological polar surface area (TPSA) is 50.3 Å². The fourth-order valence-electron chi connectivity index (χ4n) is 2.13. The van der Waals surface area contributed by atoms with Crippen molar-refractivity contribution < 1.29 is 4.74 Å². The molecule has 18 heavy (non-hydrogen) atoms. The van der Waals surface area contributed by atoms with Gasteiger partial charge in [0.05, 0.1) is 36.7 Å². The smallest absolute Gasteiger partial charge is 0.225 e. The maximum Gasteiger partial charge on any atom is 0.225 e. The van der Waals surface area contributed by atoms with Crippen molar-refractivity contribution in [2.24, 2.45) is 0 Å². The van der Waals surface area contributed by atoms with E-state index in [1.165, 1.54) is 12.8 Å². The zero-order valence-electron chi connectivity index (χ0n) is 10.2. The molecule has 0 aromatic carbocycles. The second kappa shape index (κ2) is 5.38. The predicted molar refractivity (Wildman–Crippen MR) is 70.0 cm³/mol. The van der Waals surface area contributed by atoms with Crippen LogP contribution < -0.4 is 10.2 Å². The predicted octanol–water partition coefficient (Wildman–Crippen LogP) is 1.09. The van der Waals surface area contributed by atoms with E-state index in [-0.39, 0.29) is 0 Å². The van der Waals surface area contributed by atoms with Gasteiger partial charge in [-0.2, -0.15) is 0 Å². The molecule has 0 amide bonds. The zero-order chi connectivity index (χ0) is 12.4. The van der Waals surface area contributed by atoms with E-state index in [0.29, 0.717) is 17.1 Å². The summed E-state index contributed by atoms with van der Waals surface area (Å²) in [6.45, 7) is 3.22. The van der Waals surface area contributed by atoms with Crippen molar-refractivity contribution in [1.82, 2.24) is 15.3 Å². The van der Waals surface area contributed by atoms with E-state index in [1.54, 1.807) is 12.4 Å². The lowest BCUT2D eigenvalue weighted by atomic mass is 10.2. The number of aromatic nitrogens is 2. The average Bonchev–Trinajstić information content (AvgIpc) is 3.22. The van der Waals surface area contributed by atoms with Gasteiger partial charge in [0, 0.05) is 19.1 Å². The number of nitrogens with zero attached hydrogens (tertiary/aromatic N) is 3. The molecule has 1 aliphatic heterocycles. The third-order valence-corrected chi connectivity index (χ3v) is 3.51. The Morgan fingerprint density at radius 1 is 1.39 bits per heavy atom. The summed E-state index contributed by atoms with van der Waals surface area (Å²) in [6, 6.07) is 1.01. The maximum absolute atomic E-state index is 5.82. The molecular formula is C12H17ClN4O. The first kappa shape index (κ1) is 12.1. The molecule has 0 bridgehead atoms. The van der Waals surface area contributed by atoms with Crippen molar-refractivity contribution >= 4 is 17.5 Å². The van der Waals surface area contributed by atoms with Crippen molar-refractivity contribution in [3.05, 3.63) is 17.4 Å². The molecule has 1 aliphatic carbocycles. The van der Waals surface area contributed by atoms with Crippen LogP contribution in [0, 0.1) is 0 Å². The van der Waals surface area contributed by atoms with E-state index in [0.717, 1.165) is 32.3 Å². The Hall–Kier alpha value is -0.910. The molecule has 1 saturated carbocycles. The Bertz CT molecular complexity index is 396. The summed E-state index contributed by atoms with van der Waals surface area (Å²) in [7, 11) is 0. The molecule has 5 nitrogen and oxygen atoms in total. The van der Waals surface area contributed by atoms with Crippen molar-refractivity contribution in [2.75, 3.05) is 31.2 Å². The van der Waals surface area contributed by atoms with Crippen LogP contribution in [-0.2, 0) is 4.74 Å². The normalized spacial score (nSPS) is 24.3. The summed E-state index contributed by atoms with van der Waals surface area (Å²) in [5.41, 5.74) is 0. The summed E-state index contributed by atoms with van der Waals surface area (Å²) >= 11 is 5.82. The fraction of sp³-hybridized carbons (Fsp3) is 0.667. The SMILES string of the molecule is Clc1cnc(N2CCOCC2CNC2CC2)nc1. The van der Waals surface area contributed by atoms with E-state index in [1.807, 2.05) is 0 Å². The van der Waals surface area contributed by atoms with Gasteiger partial charge in [-0.25, -0.2) is 9.97 Å². The number of hydrogen-bond acceptors (Lipinski definition) is 5. The lowest BCUT2D eigenvalue weighted by Gasteiger charge is -2.35. The van der Waals surface area contributed by atoms with Gasteiger partial charge < -0.3 is 15.0 Å². The minimum Gasteiger partial charge on any atom is -0.377 e.